The number of rotatable bonds is 8. The van der Waals surface area contributed by atoms with E-state index in [1.807, 2.05) is 48.5 Å². The largest absolute Gasteiger partial charge is 0.497 e. The molecule has 1 aromatic heterocycles. The van der Waals surface area contributed by atoms with Crippen LogP contribution in [0.5, 0.6) is 5.75 Å². The molecule has 0 saturated heterocycles. The van der Waals surface area contributed by atoms with Crippen molar-refractivity contribution in [2.45, 2.75) is 6.42 Å². The van der Waals surface area contributed by atoms with E-state index >= 15 is 0 Å². The number of hydrazone groups is 1. The molecule has 1 amide bonds. The van der Waals surface area contributed by atoms with Crippen molar-refractivity contribution in [2.24, 2.45) is 5.10 Å². The second kappa shape index (κ2) is 11.0. The highest BCUT2D eigenvalue weighted by Gasteiger charge is 2.21. The van der Waals surface area contributed by atoms with Crippen LogP contribution in [0, 0.1) is 10.1 Å². The Hall–Kier alpha value is -4.89. The Kier molecular flexibility index (Phi) is 7.19. The molecule has 0 radical (unpaired) electrons. The average molecular weight is 523 g/mol. The summed E-state index contributed by atoms with van der Waals surface area (Å²) < 4.78 is 6.16. The van der Waals surface area contributed by atoms with E-state index in [1.54, 1.807) is 31.4 Å². The molecular formula is C29H22N4O4S. The highest BCUT2D eigenvalue weighted by Crippen LogP contribution is 2.32. The van der Waals surface area contributed by atoms with Crippen LogP contribution in [0.3, 0.4) is 0 Å². The first-order chi connectivity index (χ1) is 18.5. The molecule has 0 bridgehead atoms. The number of nitrogens with zero attached hydrogens (tertiary/aromatic N) is 4. The first-order valence-electron chi connectivity index (χ1n) is 11.7. The second-order valence-corrected chi connectivity index (χ2v) is 9.41. The third-order valence-corrected chi connectivity index (χ3v) is 6.83. The van der Waals surface area contributed by atoms with Crippen LogP contribution >= 0.6 is 11.3 Å². The number of nitro groups is 1. The van der Waals surface area contributed by atoms with E-state index in [1.165, 1.54) is 40.3 Å². The van der Waals surface area contributed by atoms with Crippen molar-refractivity contribution in [3.8, 4) is 5.75 Å². The van der Waals surface area contributed by atoms with Gasteiger partial charge in [0.2, 0.25) is 5.13 Å². The summed E-state index contributed by atoms with van der Waals surface area (Å²) in [4.78, 5) is 28.8. The van der Waals surface area contributed by atoms with Gasteiger partial charge in [0, 0.05) is 17.7 Å². The third kappa shape index (κ3) is 5.58. The number of anilines is 1. The number of thiazole rings is 1. The fraction of sp³-hybridized carbons (Fsp3) is 0.0690. The van der Waals surface area contributed by atoms with Gasteiger partial charge in [-0.25, -0.2) is 4.98 Å². The molecule has 0 N–H and O–H groups in total. The molecule has 0 spiro atoms. The number of hydrogen-bond donors (Lipinski definition) is 0. The van der Waals surface area contributed by atoms with Crippen molar-refractivity contribution in [3.63, 3.8) is 0 Å². The highest BCUT2D eigenvalue weighted by molar-refractivity contribution is 7.22. The summed E-state index contributed by atoms with van der Waals surface area (Å²) >= 11 is 1.32. The second-order valence-electron chi connectivity index (χ2n) is 8.40. The quantitative estimate of drug-likeness (QED) is 0.132. The van der Waals surface area contributed by atoms with Gasteiger partial charge in [-0.3, -0.25) is 14.9 Å². The SMILES string of the molecule is COc1ccc2nc(N(/N=C/c3ccc([N+](=O)[O-])cc3)C(=O)c3ccc(Cc4ccccc4)cc3)sc2c1. The van der Waals surface area contributed by atoms with Crippen LogP contribution < -0.4 is 9.75 Å². The van der Waals surface area contributed by atoms with Gasteiger partial charge >= 0.3 is 0 Å². The molecule has 38 heavy (non-hydrogen) atoms. The van der Waals surface area contributed by atoms with Gasteiger partial charge < -0.3 is 4.74 Å². The Morgan fingerprint density at radius 2 is 1.71 bits per heavy atom. The molecule has 0 aliphatic carbocycles. The topological polar surface area (TPSA) is 97.9 Å². The summed E-state index contributed by atoms with van der Waals surface area (Å²) in [5.41, 5.74) is 4.03. The van der Waals surface area contributed by atoms with Crippen LogP contribution in [0.2, 0.25) is 0 Å². The zero-order chi connectivity index (χ0) is 26.5. The fourth-order valence-electron chi connectivity index (χ4n) is 3.82. The lowest BCUT2D eigenvalue weighted by Crippen LogP contribution is -2.25. The maximum atomic E-state index is 13.6. The molecule has 9 heteroatoms. The van der Waals surface area contributed by atoms with Crippen LogP contribution in [0.25, 0.3) is 10.2 Å². The van der Waals surface area contributed by atoms with Gasteiger partial charge in [0.1, 0.15) is 5.75 Å². The van der Waals surface area contributed by atoms with E-state index < -0.39 is 4.92 Å². The Morgan fingerprint density at radius 1 is 1.00 bits per heavy atom. The van der Waals surface area contributed by atoms with Gasteiger partial charge in [-0.15, -0.1) is 0 Å². The van der Waals surface area contributed by atoms with Crippen molar-refractivity contribution in [3.05, 3.63) is 129 Å². The number of carbonyl (C=O) groups excluding carboxylic acids is 1. The summed E-state index contributed by atoms with van der Waals surface area (Å²) in [7, 11) is 1.59. The molecular weight excluding hydrogens is 500 g/mol. The van der Waals surface area contributed by atoms with E-state index in [9.17, 15) is 14.9 Å². The van der Waals surface area contributed by atoms with Crippen molar-refractivity contribution in [1.29, 1.82) is 0 Å². The molecule has 1 heterocycles. The smallest absolute Gasteiger partial charge is 0.280 e. The standard InChI is InChI=1S/C29H22N4O4S/c1-37-25-15-16-26-27(18-25)38-29(31-26)32(30-19-22-9-13-24(14-10-22)33(35)36)28(34)23-11-7-21(8-12-23)17-20-5-3-2-4-6-20/h2-16,18-19H,17H2,1H3/b30-19+. The zero-order valence-electron chi connectivity index (χ0n) is 20.4. The first kappa shape index (κ1) is 24.8. The Morgan fingerprint density at radius 3 is 2.39 bits per heavy atom. The van der Waals surface area contributed by atoms with Gasteiger partial charge in [0.05, 0.1) is 28.5 Å². The predicted octanol–water partition coefficient (Wildman–Crippen LogP) is 6.48. The van der Waals surface area contributed by atoms with Gasteiger partial charge in [0.25, 0.3) is 11.6 Å². The average Bonchev–Trinajstić information content (AvgIpc) is 3.37. The van der Waals surface area contributed by atoms with E-state index in [0.717, 1.165) is 16.7 Å². The van der Waals surface area contributed by atoms with E-state index in [-0.39, 0.29) is 11.6 Å². The number of benzene rings is 4. The van der Waals surface area contributed by atoms with Crippen molar-refractivity contribution < 1.29 is 14.5 Å². The van der Waals surface area contributed by atoms with Crippen molar-refractivity contribution in [2.75, 3.05) is 12.1 Å². The molecule has 0 aliphatic heterocycles. The lowest BCUT2D eigenvalue weighted by atomic mass is 10.0. The number of methoxy groups -OCH3 is 1. The molecule has 5 rings (SSSR count). The summed E-state index contributed by atoms with van der Waals surface area (Å²) in [5.74, 6) is 0.342. The normalized spacial score (nSPS) is 11.1. The number of hydrogen-bond acceptors (Lipinski definition) is 7. The van der Waals surface area contributed by atoms with Crippen LogP contribution in [0.15, 0.2) is 102 Å². The van der Waals surface area contributed by atoms with E-state index in [4.69, 9.17) is 4.74 Å². The Bertz CT molecular complexity index is 1610. The van der Waals surface area contributed by atoms with Gasteiger partial charge in [-0.1, -0.05) is 53.8 Å². The minimum absolute atomic E-state index is 0.0224. The summed E-state index contributed by atoms with van der Waals surface area (Å²) in [6.45, 7) is 0. The molecule has 0 fully saturated rings. The summed E-state index contributed by atoms with van der Waals surface area (Å²) in [6, 6.07) is 29.0. The fourth-order valence-corrected chi connectivity index (χ4v) is 4.78. The molecule has 0 unspecified atom stereocenters. The zero-order valence-corrected chi connectivity index (χ0v) is 21.2. The van der Waals surface area contributed by atoms with E-state index in [2.05, 4.69) is 22.2 Å². The van der Waals surface area contributed by atoms with Crippen LogP contribution in [-0.2, 0) is 6.42 Å². The van der Waals surface area contributed by atoms with Crippen molar-refractivity contribution in [1.82, 2.24) is 4.98 Å². The third-order valence-electron chi connectivity index (χ3n) is 5.84. The lowest BCUT2D eigenvalue weighted by molar-refractivity contribution is -0.384. The molecule has 0 saturated carbocycles. The van der Waals surface area contributed by atoms with E-state index in [0.29, 0.717) is 27.5 Å². The minimum Gasteiger partial charge on any atom is -0.497 e. The minimum atomic E-state index is -0.465. The number of fused-ring (bicyclic) bond motifs is 1. The lowest BCUT2D eigenvalue weighted by Gasteiger charge is -2.14. The maximum absolute atomic E-state index is 13.6. The van der Waals surface area contributed by atoms with Gasteiger partial charge in [-0.05, 0) is 65.6 Å². The summed E-state index contributed by atoms with van der Waals surface area (Å²) in [6.07, 6.45) is 2.25. The number of aromatic nitrogens is 1. The van der Waals surface area contributed by atoms with Crippen LogP contribution in [-0.4, -0.2) is 29.1 Å². The molecule has 8 nitrogen and oxygen atoms in total. The molecule has 0 atom stereocenters. The predicted molar refractivity (Wildman–Crippen MR) is 149 cm³/mol. The maximum Gasteiger partial charge on any atom is 0.280 e. The molecule has 0 aliphatic rings. The van der Waals surface area contributed by atoms with Gasteiger partial charge in [0.15, 0.2) is 0 Å². The monoisotopic (exact) mass is 522 g/mol. The number of amides is 1. The van der Waals surface area contributed by atoms with Crippen molar-refractivity contribution >= 4 is 44.5 Å². The summed E-state index contributed by atoms with van der Waals surface area (Å²) in [5, 5.41) is 17.1. The molecule has 188 valence electrons. The number of carbonyl (C=O) groups is 1. The number of non-ortho nitro benzene ring substituents is 1. The Labute approximate surface area is 222 Å². The number of ether oxygens (including phenoxy) is 1. The van der Waals surface area contributed by atoms with Crippen LogP contribution in [0.4, 0.5) is 10.8 Å². The Balaban J connectivity index is 1.46. The highest BCUT2D eigenvalue weighted by atomic mass is 32.1. The molecule has 4 aromatic carbocycles. The first-order valence-corrected chi connectivity index (χ1v) is 12.5. The number of nitro benzene ring substituents is 1. The molecule has 5 aromatic rings. The van der Waals surface area contributed by atoms with Crippen LogP contribution in [0.1, 0.15) is 27.0 Å². The van der Waals surface area contributed by atoms with Gasteiger partial charge in [-0.2, -0.15) is 10.1 Å².